The molecule has 274 valence electrons. The molecule has 0 saturated carbocycles. The lowest BCUT2D eigenvalue weighted by molar-refractivity contribution is 1.07. The van der Waals surface area contributed by atoms with Crippen LogP contribution in [-0.4, -0.2) is 19.5 Å². The molecule has 0 atom stereocenters. The molecule has 11 rings (SSSR count). The molecule has 0 N–H and O–H groups in total. The van der Waals surface area contributed by atoms with Crippen LogP contribution in [-0.2, 0) is 0 Å². The lowest BCUT2D eigenvalue weighted by Gasteiger charge is -2.15. The van der Waals surface area contributed by atoms with Crippen LogP contribution in [0.4, 0.5) is 0 Å². The summed E-state index contributed by atoms with van der Waals surface area (Å²) >= 11 is 0. The molecule has 2 heterocycles. The van der Waals surface area contributed by atoms with Crippen LogP contribution in [0.1, 0.15) is 5.56 Å². The van der Waals surface area contributed by atoms with Crippen molar-refractivity contribution >= 4 is 43.4 Å². The minimum Gasteiger partial charge on any atom is -0.309 e. The Morgan fingerprint density at radius 2 is 0.881 bits per heavy atom. The SMILES string of the molecule is N#Cc1cc(-c2ccc(-c3ccc(-c4nc(-c5ccccc5)nc(-c5ccccc5)n4)cc3)c3ccccc23)cc(-n2c3ccccc3c3ccc4ccccc4c32)c1. The zero-order chi connectivity index (χ0) is 39.3. The molecule has 0 fully saturated rings. The van der Waals surface area contributed by atoms with Crippen molar-refractivity contribution in [2.75, 3.05) is 0 Å². The monoisotopic (exact) mass is 751 g/mol. The molecule has 59 heavy (non-hydrogen) atoms. The third-order valence-corrected chi connectivity index (χ3v) is 11.3. The van der Waals surface area contributed by atoms with E-state index in [-0.39, 0.29) is 0 Å². The second-order valence-corrected chi connectivity index (χ2v) is 14.7. The Balaban J connectivity index is 1.02. The summed E-state index contributed by atoms with van der Waals surface area (Å²) in [6, 6.07) is 71.7. The number of aromatic nitrogens is 4. The fourth-order valence-electron chi connectivity index (χ4n) is 8.50. The van der Waals surface area contributed by atoms with Gasteiger partial charge in [0, 0.05) is 38.5 Å². The van der Waals surface area contributed by atoms with Gasteiger partial charge in [0.1, 0.15) is 0 Å². The molecule has 0 unspecified atom stereocenters. The Morgan fingerprint density at radius 1 is 0.373 bits per heavy atom. The smallest absolute Gasteiger partial charge is 0.164 e. The van der Waals surface area contributed by atoms with Crippen molar-refractivity contribution in [2.45, 2.75) is 0 Å². The third-order valence-electron chi connectivity index (χ3n) is 11.3. The highest BCUT2D eigenvalue weighted by atomic mass is 15.0. The van der Waals surface area contributed by atoms with E-state index in [2.05, 4.69) is 138 Å². The van der Waals surface area contributed by atoms with Gasteiger partial charge in [-0.15, -0.1) is 0 Å². The van der Waals surface area contributed by atoms with Gasteiger partial charge < -0.3 is 4.57 Å². The first-order valence-electron chi connectivity index (χ1n) is 19.7. The van der Waals surface area contributed by atoms with Crippen LogP contribution in [0, 0.1) is 11.3 Å². The van der Waals surface area contributed by atoms with E-state index < -0.39 is 0 Å². The van der Waals surface area contributed by atoms with Crippen molar-refractivity contribution < 1.29 is 0 Å². The number of hydrogen-bond donors (Lipinski definition) is 0. The Labute approximate surface area is 340 Å². The maximum Gasteiger partial charge on any atom is 0.164 e. The van der Waals surface area contributed by atoms with Crippen LogP contribution >= 0.6 is 0 Å². The molecule has 0 radical (unpaired) electrons. The van der Waals surface area contributed by atoms with Gasteiger partial charge in [0.15, 0.2) is 17.5 Å². The minimum atomic E-state index is 0.608. The summed E-state index contributed by atoms with van der Waals surface area (Å²) in [7, 11) is 0. The fourth-order valence-corrected chi connectivity index (χ4v) is 8.50. The van der Waals surface area contributed by atoms with Gasteiger partial charge in [0.05, 0.1) is 22.7 Å². The quantitative estimate of drug-likeness (QED) is 0.170. The van der Waals surface area contributed by atoms with Gasteiger partial charge in [0.25, 0.3) is 0 Å². The van der Waals surface area contributed by atoms with Gasteiger partial charge in [-0.25, -0.2) is 15.0 Å². The average molecular weight is 752 g/mol. The van der Waals surface area contributed by atoms with Gasteiger partial charge in [-0.05, 0) is 62.7 Å². The van der Waals surface area contributed by atoms with Gasteiger partial charge >= 0.3 is 0 Å². The minimum absolute atomic E-state index is 0.608. The van der Waals surface area contributed by atoms with Crippen LogP contribution in [0.2, 0.25) is 0 Å². The van der Waals surface area contributed by atoms with Crippen molar-refractivity contribution in [1.82, 2.24) is 19.5 Å². The molecular formula is C54H33N5. The molecule has 0 bridgehead atoms. The summed E-state index contributed by atoms with van der Waals surface area (Å²) in [6.45, 7) is 0. The molecular weight excluding hydrogens is 719 g/mol. The Morgan fingerprint density at radius 3 is 1.51 bits per heavy atom. The predicted molar refractivity (Wildman–Crippen MR) is 241 cm³/mol. The van der Waals surface area contributed by atoms with Crippen LogP contribution in [0.5, 0.6) is 0 Å². The highest BCUT2D eigenvalue weighted by Crippen LogP contribution is 2.40. The van der Waals surface area contributed by atoms with Gasteiger partial charge in [-0.3, -0.25) is 0 Å². The van der Waals surface area contributed by atoms with E-state index in [9.17, 15) is 5.26 Å². The first-order chi connectivity index (χ1) is 29.2. The number of benzene rings is 9. The summed E-state index contributed by atoms with van der Waals surface area (Å²) in [5.74, 6) is 1.89. The summed E-state index contributed by atoms with van der Waals surface area (Å²) < 4.78 is 2.33. The van der Waals surface area contributed by atoms with Crippen LogP contribution in [0.3, 0.4) is 0 Å². The maximum absolute atomic E-state index is 10.4. The molecule has 5 nitrogen and oxygen atoms in total. The summed E-state index contributed by atoms with van der Waals surface area (Å²) in [5, 5.41) is 17.4. The summed E-state index contributed by atoms with van der Waals surface area (Å²) in [4.78, 5) is 14.7. The first-order valence-corrected chi connectivity index (χ1v) is 19.7. The van der Waals surface area contributed by atoms with Crippen molar-refractivity contribution in [3.05, 3.63) is 206 Å². The Bertz CT molecular complexity index is 3380. The van der Waals surface area contributed by atoms with Crippen molar-refractivity contribution in [2.24, 2.45) is 0 Å². The van der Waals surface area contributed by atoms with Gasteiger partial charge in [-0.2, -0.15) is 5.26 Å². The number of fused-ring (bicyclic) bond motifs is 6. The van der Waals surface area contributed by atoms with E-state index in [1.807, 2.05) is 72.8 Å². The highest BCUT2D eigenvalue weighted by Gasteiger charge is 2.18. The third kappa shape index (κ3) is 5.91. The maximum atomic E-state index is 10.4. The second kappa shape index (κ2) is 14.1. The normalized spacial score (nSPS) is 11.4. The van der Waals surface area contributed by atoms with Gasteiger partial charge in [0.2, 0.25) is 0 Å². The molecule has 11 aromatic rings. The molecule has 9 aromatic carbocycles. The zero-order valence-electron chi connectivity index (χ0n) is 31.8. The van der Waals surface area contributed by atoms with Crippen LogP contribution < -0.4 is 0 Å². The van der Waals surface area contributed by atoms with Crippen LogP contribution in [0.25, 0.3) is 105 Å². The van der Waals surface area contributed by atoms with E-state index in [1.165, 1.54) is 21.5 Å². The standard InChI is InChI=1S/C54H33N5/c55-34-35-31-41(33-42(32-35)59-50-22-12-11-21-48(50)49-28-27-36-13-7-8-18-45(36)51(49)59)44-30-29-43(46-19-9-10-20-47(44)46)37-23-25-40(26-24-37)54-57-52(38-14-3-1-4-15-38)56-53(58-54)39-16-5-2-6-17-39/h1-33H. The average Bonchev–Trinajstić information content (AvgIpc) is 3.66. The zero-order valence-corrected chi connectivity index (χ0v) is 31.8. The number of nitriles is 1. The largest absolute Gasteiger partial charge is 0.309 e. The van der Waals surface area contributed by atoms with E-state index >= 15 is 0 Å². The molecule has 0 aliphatic carbocycles. The van der Waals surface area contributed by atoms with Crippen molar-refractivity contribution in [3.8, 4) is 68.2 Å². The molecule has 2 aromatic heterocycles. The van der Waals surface area contributed by atoms with E-state index in [4.69, 9.17) is 15.0 Å². The molecule has 0 saturated heterocycles. The van der Waals surface area contributed by atoms with Gasteiger partial charge in [-0.1, -0.05) is 176 Å². The van der Waals surface area contributed by atoms with E-state index in [0.717, 1.165) is 66.4 Å². The van der Waals surface area contributed by atoms with E-state index in [1.54, 1.807) is 0 Å². The van der Waals surface area contributed by atoms with Crippen molar-refractivity contribution in [1.29, 1.82) is 5.26 Å². The lowest BCUT2D eigenvalue weighted by atomic mass is 9.91. The van der Waals surface area contributed by atoms with E-state index in [0.29, 0.717) is 23.0 Å². The molecule has 0 amide bonds. The fraction of sp³-hybridized carbons (Fsp3) is 0. The topological polar surface area (TPSA) is 67.4 Å². The Hall–Kier alpha value is -8.20. The summed E-state index contributed by atoms with van der Waals surface area (Å²) in [6.07, 6.45) is 0. The molecule has 0 aliphatic heterocycles. The number of nitrogens with zero attached hydrogens (tertiary/aromatic N) is 5. The first kappa shape index (κ1) is 34.1. The number of para-hydroxylation sites is 1. The molecule has 0 spiro atoms. The van der Waals surface area contributed by atoms with Crippen molar-refractivity contribution in [3.63, 3.8) is 0 Å². The lowest BCUT2D eigenvalue weighted by Crippen LogP contribution is -2.00. The van der Waals surface area contributed by atoms with Crippen LogP contribution in [0.15, 0.2) is 200 Å². The highest BCUT2D eigenvalue weighted by molar-refractivity contribution is 6.18. The second-order valence-electron chi connectivity index (χ2n) is 14.7. The molecule has 0 aliphatic rings. The summed E-state index contributed by atoms with van der Waals surface area (Å²) in [5.41, 5.74) is 10.8. The Kier molecular flexibility index (Phi) is 8.13. The predicted octanol–water partition coefficient (Wildman–Crippen LogP) is 13.5. The number of hydrogen-bond acceptors (Lipinski definition) is 4. The molecule has 5 heteroatoms. The number of rotatable bonds is 6.